The summed E-state index contributed by atoms with van der Waals surface area (Å²) in [5.41, 5.74) is 0. The molecule has 0 heterocycles. The molecule has 2 atom stereocenters. The van der Waals surface area contributed by atoms with Gasteiger partial charge in [0.15, 0.2) is 0 Å². The Labute approximate surface area is 114 Å². The van der Waals surface area contributed by atoms with Crippen LogP contribution >= 0.6 is 25.3 Å². The Morgan fingerprint density at radius 1 is 0.625 bits per heavy atom. The van der Waals surface area contributed by atoms with Crippen LogP contribution in [0, 0.1) is 0 Å². The Morgan fingerprint density at radius 2 is 1.00 bits per heavy atom. The van der Waals surface area contributed by atoms with E-state index in [-0.39, 0.29) is 0 Å². The molecule has 0 N–H and O–H groups in total. The zero-order valence-corrected chi connectivity index (χ0v) is 12.9. The summed E-state index contributed by atoms with van der Waals surface area (Å²) in [4.78, 5) is 0. The molecule has 0 saturated heterocycles. The highest BCUT2D eigenvalue weighted by molar-refractivity contribution is 7.85. The molecule has 0 aromatic carbocycles. The average Bonchev–Trinajstić information content (AvgIpc) is 2.28. The molecule has 0 spiro atoms. The lowest BCUT2D eigenvalue weighted by Gasteiger charge is -2.18. The van der Waals surface area contributed by atoms with Crippen LogP contribution in [0.4, 0.5) is 0 Å². The van der Waals surface area contributed by atoms with Gasteiger partial charge >= 0.3 is 0 Å². The molecule has 0 saturated carbocycles. The molecule has 2 unspecified atom stereocenters. The highest BCUT2D eigenvalue weighted by atomic mass is 32.1. The monoisotopic (exact) mass is 262 g/mol. The average molecular weight is 263 g/mol. The number of unbranched alkanes of at least 4 members (excludes halogenated alkanes) is 6. The standard InChI is InChI=1S/C14H30S2/c1-3-5-7-8-10-12-14(16)13(15)11-9-6-4-2/h13-16H,3-12H2,1-2H3. The molecule has 0 amide bonds. The summed E-state index contributed by atoms with van der Waals surface area (Å²) in [6.07, 6.45) is 13.3. The van der Waals surface area contributed by atoms with Gasteiger partial charge in [-0.1, -0.05) is 65.2 Å². The van der Waals surface area contributed by atoms with Crippen molar-refractivity contribution < 1.29 is 0 Å². The van der Waals surface area contributed by atoms with Gasteiger partial charge in [0.25, 0.3) is 0 Å². The van der Waals surface area contributed by atoms with Gasteiger partial charge < -0.3 is 0 Å². The first-order valence-corrected chi connectivity index (χ1v) is 8.11. The number of thiol groups is 2. The van der Waals surface area contributed by atoms with Crippen LogP contribution < -0.4 is 0 Å². The first kappa shape index (κ1) is 16.7. The fourth-order valence-corrected chi connectivity index (χ4v) is 2.61. The van der Waals surface area contributed by atoms with Crippen LogP contribution in [0.5, 0.6) is 0 Å². The Kier molecular flexibility index (Phi) is 12.7. The molecular weight excluding hydrogens is 232 g/mol. The van der Waals surface area contributed by atoms with Crippen molar-refractivity contribution in [1.82, 2.24) is 0 Å². The fourth-order valence-electron chi connectivity index (χ4n) is 1.95. The Hall–Kier alpha value is 0.700. The topological polar surface area (TPSA) is 0 Å². The highest BCUT2D eigenvalue weighted by Crippen LogP contribution is 2.21. The van der Waals surface area contributed by atoms with E-state index in [1.807, 2.05) is 0 Å². The van der Waals surface area contributed by atoms with Crippen molar-refractivity contribution in [2.24, 2.45) is 0 Å². The lowest BCUT2D eigenvalue weighted by atomic mass is 10.0. The minimum Gasteiger partial charge on any atom is -0.175 e. The third-order valence-corrected chi connectivity index (χ3v) is 4.62. The summed E-state index contributed by atoms with van der Waals surface area (Å²) in [5, 5.41) is 1.00. The van der Waals surface area contributed by atoms with Crippen LogP contribution in [0.25, 0.3) is 0 Å². The zero-order valence-electron chi connectivity index (χ0n) is 11.1. The van der Waals surface area contributed by atoms with E-state index in [1.165, 1.54) is 64.2 Å². The summed E-state index contributed by atoms with van der Waals surface area (Å²) in [7, 11) is 0. The van der Waals surface area contributed by atoms with Crippen molar-refractivity contribution in [1.29, 1.82) is 0 Å². The maximum atomic E-state index is 4.68. The first-order chi connectivity index (χ1) is 7.72. The summed E-state index contributed by atoms with van der Waals surface area (Å²) in [6, 6.07) is 0. The Morgan fingerprint density at radius 3 is 1.50 bits per heavy atom. The van der Waals surface area contributed by atoms with Gasteiger partial charge in [-0.05, 0) is 12.8 Å². The van der Waals surface area contributed by atoms with Crippen LogP contribution in [-0.2, 0) is 0 Å². The molecule has 98 valence electrons. The van der Waals surface area contributed by atoms with Crippen LogP contribution in [-0.4, -0.2) is 10.5 Å². The second-order valence-corrected chi connectivity index (χ2v) is 6.16. The van der Waals surface area contributed by atoms with E-state index in [0.29, 0.717) is 10.5 Å². The van der Waals surface area contributed by atoms with Gasteiger partial charge in [0, 0.05) is 10.5 Å². The lowest BCUT2D eigenvalue weighted by molar-refractivity contribution is 0.567. The van der Waals surface area contributed by atoms with E-state index in [1.54, 1.807) is 0 Å². The number of rotatable bonds is 11. The largest absolute Gasteiger partial charge is 0.175 e. The van der Waals surface area contributed by atoms with E-state index < -0.39 is 0 Å². The van der Waals surface area contributed by atoms with Gasteiger partial charge in [0.2, 0.25) is 0 Å². The predicted molar refractivity (Wildman–Crippen MR) is 83.1 cm³/mol. The molecule has 0 fully saturated rings. The second-order valence-electron chi connectivity index (χ2n) is 4.83. The Bertz CT molecular complexity index is 137. The predicted octanol–water partition coefficient (Wildman–Crippen LogP) is 5.52. The van der Waals surface area contributed by atoms with E-state index in [4.69, 9.17) is 0 Å². The summed E-state index contributed by atoms with van der Waals surface area (Å²) >= 11 is 9.34. The quantitative estimate of drug-likeness (QED) is 0.355. The van der Waals surface area contributed by atoms with Crippen molar-refractivity contribution in [2.75, 3.05) is 0 Å². The molecule has 0 bridgehead atoms. The van der Waals surface area contributed by atoms with Gasteiger partial charge in [0.05, 0.1) is 0 Å². The van der Waals surface area contributed by atoms with Crippen molar-refractivity contribution in [3.8, 4) is 0 Å². The second kappa shape index (κ2) is 12.2. The van der Waals surface area contributed by atoms with Crippen molar-refractivity contribution in [3.63, 3.8) is 0 Å². The molecule has 0 aliphatic heterocycles. The maximum Gasteiger partial charge on any atom is 0.0133 e. The molecule has 0 aliphatic carbocycles. The van der Waals surface area contributed by atoms with Gasteiger partial charge in [-0.15, -0.1) is 0 Å². The normalized spacial score (nSPS) is 15.0. The maximum absolute atomic E-state index is 4.68. The lowest BCUT2D eigenvalue weighted by Crippen LogP contribution is -2.15. The van der Waals surface area contributed by atoms with E-state index in [9.17, 15) is 0 Å². The molecule has 0 nitrogen and oxygen atoms in total. The summed E-state index contributed by atoms with van der Waals surface area (Å²) < 4.78 is 0. The summed E-state index contributed by atoms with van der Waals surface area (Å²) in [6.45, 7) is 4.51. The third-order valence-electron chi connectivity index (χ3n) is 3.15. The minimum atomic E-state index is 0.501. The molecule has 0 radical (unpaired) electrons. The molecular formula is C14H30S2. The SMILES string of the molecule is CCCCCCCC(S)C(S)CCCCC. The van der Waals surface area contributed by atoms with Crippen LogP contribution in [0.3, 0.4) is 0 Å². The van der Waals surface area contributed by atoms with Gasteiger partial charge in [-0.2, -0.15) is 25.3 Å². The van der Waals surface area contributed by atoms with Gasteiger partial charge in [-0.25, -0.2) is 0 Å². The van der Waals surface area contributed by atoms with Gasteiger partial charge in [0.1, 0.15) is 0 Å². The molecule has 0 aliphatic rings. The van der Waals surface area contributed by atoms with E-state index in [2.05, 4.69) is 39.1 Å². The van der Waals surface area contributed by atoms with Crippen LogP contribution in [0.15, 0.2) is 0 Å². The third kappa shape index (κ3) is 9.89. The smallest absolute Gasteiger partial charge is 0.0133 e. The van der Waals surface area contributed by atoms with Crippen LogP contribution in [0.1, 0.15) is 78.1 Å². The fraction of sp³-hybridized carbons (Fsp3) is 1.00. The highest BCUT2D eigenvalue weighted by Gasteiger charge is 2.12. The van der Waals surface area contributed by atoms with E-state index in [0.717, 1.165) is 0 Å². The molecule has 0 rings (SSSR count). The minimum absolute atomic E-state index is 0.501. The molecule has 0 aromatic heterocycles. The molecule has 0 aromatic rings. The van der Waals surface area contributed by atoms with Crippen molar-refractivity contribution in [3.05, 3.63) is 0 Å². The van der Waals surface area contributed by atoms with E-state index >= 15 is 0 Å². The number of hydrogen-bond acceptors (Lipinski definition) is 2. The summed E-state index contributed by atoms with van der Waals surface area (Å²) in [5.74, 6) is 0. The van der Waals surface area contributed by atoms with Crippen LogP contribution in [0.2, 0.25) is 0 Å². The zero-order chi connectivity index (χ0) is 12.2. The van der Waals surface area contributed by atoms with Crippen molar-refractivity contribution in [2.45, 2.75) is 88.6 Å². The van der Waals surface area contributed by atoms with Gasteiger partial charge in [-0.3, -0.25) is 0 Å². The molecule has 2 heteroatoms. The number of hydrogen-bond donors (Lipinski definition) is 2. The van der Waals surface area contributed by atoms with Crippen molar-refractivity contribution >= 4 is 25.3 Å². The Balaban J connectivity index is 3.36. The molecule has 16 heavy (non-hydrogen) atoms. The first-order valence-electron chi connectivity index (χ1n) is 7.08.